The van der Waals surface area contributed by atoms with Gasteiger partial charge in [-0.1, -0.05) is 0 Å². The molecule has 2 rings (SSSR count). The van der Waals surface area contributed by atoms with E-state index in [1.165, 1.54) is 12.5 Å². The van der Waals surface area contributed by atoms with Crippen LogP contribution in [0.15, 0.2) is 18.6 Å². The molecule has 1 fully saturated rings. The fraction of sp³-hybridized carbons (Fsp3) is 0.600. The number of anilines is 1. The lowest BCUT2D eigenvalue weighted by Crippen LogP contribution is -2.33. The summed E-state index contributed by atoms with van der Waals surface area (Å²) in [6, 6.07) is 0.952. The molecular weight excluding hydrogens is 276 g/mol. The molecular formula is C10H14FN3O4P+. The number of nitrogens with one attached hydrogen (secondary N) is 1. The molecule has 0 amide bonds. The smallest absolute Gasteiger partial charge is 0.396 e. The molecule has 0 spiro atoms. The van der Waals surface area contributed by atoms with Crippen LogP contribution in [0.2, 0.25) is 0 Å². The summed E-state index contributed by atoms with van der Waals surface area (Å²) in [5.41, 5.74) is 0. The second-order valence-electron chi connectivity index (χ2n) is 4.28. The van der Waals surface area contributed by atoms with E-state index in [1.54, 1.807) is 6.07 Å². The van der Waals surface area contributed by atoms with Gasteiger partial charge < -0.3 is 10.4 Å². The average Bonchev–Trinajstić information content (AvgIpc) is 2.68. The topological polar surface area (TPSA) is 105 Å². The summed E-state index contributed by atoms with van der Waals surface area (Å²) in [4.78, 5) is 16.4. The van der Waals surface area contributed by atoms with E-state index in [4.69, 9.17) is 4.89 Å². The average molecular weight is 290 g/mol. The van der Waals surface area contributed by atoms with Crippen molar-refractivity contribution in [3.8, 4) is 0 Å². The normalized spacial score (nSPS) is 31.2. The Labute approximate surface area is 109 Å². The zero-order valence-corrected chi connectivity index (χ0v) is 10.8. The molecule has 1 heterocycles. The van der Waals surface area contributed by atoms with Crippen molar-refractivity contribution in [1.29, 1.82) is 0 Å². The van der Waals surface area contributed by atoms with Crippen molar-refractivity contribution >= 4 is 14.1 Å². The first-order valence-electron chi connectivity index (χ1n) is 5.72. The number of aliphatic hydroxyl groups is 1. The maximum Gasteiger partial charge on any atom is 0.695 e. The summed E-state index contributed by atoms with van der Waals surface area (Å²) in [6.45, 7) is -0.309. The molecule has 5 atom stereocenters. The standard InChI is InChI=1S/C10H13FN3O4P/c11-9-7(14-8-1-2-12-5-13-8)3-6(4-15)10(9)18-19(16)17/h1-2,5-7,9-10,15H,3-4H2,(H-,12,13,14,16,17)/p+1/t6-,7-,9+,10?/m1/s1. The van der Waals surface area contributed by atoms with Crippen molar-refractivity contribution in [2.24, 2.45) is 5.92 Å². The third kappa shape index (κ3) is 3.42. The second kappa shape index (κ2) is 6.29. The molecule has 7 nitrogen and oxygen atoms in total. The van der Waals surface area contributed by atoms with Crippen molar-refractivity contribution in [2.75, 3.05) is 11.9 Å². The molecule has 1 aliphatic carbocycles. The highest BCUT2D eigenvalue weighted by molar-refractivity contribution is 7.32. The number of aromatic nitrogens is 2. The Bertz CT molecular complexity index is 438. The van der Waals surface area contributed by atoms with Gasteiger partial charge in [0.2, 0.25) is 0 Å². The highest BCUT2D eigenvalue weighted by atomic mass is 31.1. The zero-order valence-electron chi connectivity index (χ0n) is 9.89. The van der Waals surface area contributed by atoms with Gasteiger partial charge in [-0.15, -0.1) is 9.42 Å². The van der Waals surface area contributed by atoms with Crippen molar-refractivity contribution in [3.05, 3.63) is 18.6 Å². The van der Waals surface area contributed by atoms with Gasteiger partial charge in [-0.3, -0.25) is 0 Å². The highest BCUT2D eigenvalue weighted by Gasteiger charge is 2.48. The Morgan fingerprint density at radius 2 is 2.42 bits per heavy atom. The molecule has 0 bridgehead atoms. The molecule has 1 aromatic rings. The Hall–Kier alpha value is -1.21. The number of aliphatic hydroxyl groups excluding tert-OH is 1. The first-order valence-corrected chi connectivity index (χ1v) is 6.85. The maximum absolute atomic E-state index is 14.2. The number of hydrogen-bond acceptors (Lipinski definition) is 6. The minimum atomic E-state index is -2.90. The number of rotatable bonds is 5. The van der Waals surface area contributed by atoms with Gasteiger partial charge in [-0.25, -0.2) is 14.4 Å². The lowest BCUT2D eigenvalue weighted by atomic mass is 10.1. The number of nitrogens with zero attached hydrogens (tertiary/aromatic N) is 2. The Morgan fingerprint density at radius 1 is 1.63 bits per heavy atom. The van der Waals surface area contributed by atoms with Gasteiger partial charge in [-0.2, -0.15) is 0 Å². The fourth-order valence-electron chi connectivity index (χ4n) is 2.21. The second-order valence-corrected chi connectivity index (χ2v) is 4.96. The minimum absolute atomic E-state index is 0.287. The highest BCUT2D eigenvalue weighted by Crippen LogP contribution is 2.37. The number of alkyl halides is 1. The van der Waals surface area contributed by atoms with Crippen LogP contribution in [-0.4, -0.2) is 44.9 Å². The Kier molecular flexibility index (Phi) is 4.71. The molecule has 0 saturated heterocycles. The van der Waals surface area contributed by atoms with Gasteiger partial charge in [0.05, 0.1) is 6.04 Å². The minimum Gasteiger partial charge on any atom is -0.396 e. The van der Waals surface area contributed by atoms with Gasteiger partial charge in [0.25, 0.3) is 0 Å². The van der Waals surface area contributed by atoms with E-state index < -0.39 is 32.5 Å². The first kappa shape index (κ1) is 14.2. The van der Waals surface area contributed by atoms with Gasteiger partial charge >= 0.3 is 8.25 Å². The molecule has 0 aliphatic heterocycles. The molecule has 9 heteroatoms. The number of halogens is 1. The van der Waals surface area contributed by atoms with Crippen LogP contribution in [0.4, 0.5) is 10.2 Å². The molecule has 1 saturated carbocycles. The molecule has 0 aromatic carbocycles. The number of hydrogen-bond donors (Lipinski definition) is 3. The molecule has 2 unspecified atom stereocenters. The van der Waals surface area contributed by atoms with E-state index in [0.29, 0.717) is 5.82 Å². The predicted octanol–water partition coefficient (Wildman–Crippen LogP) is 0.642. The monoisotopic (exact) mass is 290 g/mol. The van der Waals surface area contributed by atoms with Crippen LogP contribution < -0.4 is 5.32 Å². The first-order chi connectivity index (χ1) is 9.11. The summed E-state index contributed by atoms with van der Waals surface area (Å²) in [7, 11) is -2.90. The molecule has 1 aromatic heterocycles. The summed E-state index contributed by atoms with van der Waals surface area (Å²) in [6.07, 6.45) is 0.526. The molecule has 104 valence electrons. The summed E-state index contributed by atoms with van der Waals surface area (Å²) in [5, 5.41) is 12.0. The Morgan fingerprint density at radius 3 is 3.00 bits per heavy atom. The van der Waals surface area contributed by atoms with E-state index in [2.05, 4.69) is 19.8 Å². The molecule has 19 heavy (non-hydrogen) atoms. The van der Waals surface area contributed by atoms with E-state index in [9.17, 15) is 14.1 Å². The van der Waals surface area contributed by atoms with Crippen LogP contribution in [0.3, 0.4) is 0 Å². The summed E-state index contributed by atoms with van der Waals surface area (Å²) >= 11 is 0. The lowest BCUT2D eigenvalue weighted by molar-refractivity contribution is 0.0612. The van der Waals surface area contributed by atoms with E-state index in [0.717, 1.165) is 0 Å². The van der Waals surface area contributed by atoms with Crippen LogP contribution in [-0.2, 0) is 9.09 Å². The van der Waals surface area contributed by atoms with Crippen LogP contribution in [0, 0.1) is 5.92 Å². The molecule has 1 aliphatic rings. The lowest BCUT2D eigenvalue weighted by Gasteiger charge is -2.16. The quantitative estimate of drug-likeness (QED) is 0.683. The van der Waals surface area contributed by atoms with Crippen molar-refractivity contribution < 1.29 is 23.5 Å². The molecule has 3 N–H and O–H groups in total. The van der Waals surface area contributed by atoms with Crippen LogP contribution >= 0.6 is 8.25 Å². The van der Waals surface area contributed by atoms with Crippen LogP contribution in [0.25, 0.3) is 0 Å². The van der Waals surface area contributed by atoms with Gasteiger partial charge in [-0.05, 0) is 12.5 Å². The predicted molar refractivity (Wildman–Crippen MR) is 64.2 cm³/mol. The van der Waals surface area contributed by atoms with E-state index in [1.807, 2.05) is 0 Å². The van der Waals surface area contributed by atoms with Crippen molar-refractivity contribution in [2.45, 2.75) is 24.7 Å². The van der Waals surface area contributed by atoms with E-state index in [-0.39, 0.29) is 13.0 Å². The Balaban J connectivity index is 2.05. The van der Waals surface area contributed by atoms with Crippen LogP contribution in [0.5, 0.6) is 0 Å². The van der Waals surface area contributed by atoms with Gasteiger partial charge in [0, 0.05) is 23.3 Å². The maximum atomic E-state index is 14.2. The summed E-state index contributed by atoms with van der Waals surface area (Å²) < 4.78 is 29.5. The van der Waals surface area contributed by atoms with E-state index >= 15 is 0 Å². The van der Waals surface area contributed by atoms with Gasteiger partial charge in [0.1, 0.15) is 12.1 Å². The zero-order chi connectivity index (χ0) is 13.8. The van der Waals surface area contributed by atoms with Crippen LogP contribution in [0.1, 0.15) is 6.42 Å². The third-order valence-electron chi connectivity index (χ3n) is 3.08. The largest absolute Gasteiger partial charge is 0.695 e. The fourth-order valence-corrected chi connectivity index (χ4v) is 2.71. The molecule has 0 radical (unpaired) electrons. The third-order valence-corrected chi connectivity index (χ3v) is 3.50. The van der Waals surface area contributed by atoms with Gasteiger partial charge in [0.15, 0.2) is 12.3 Å². The SMILES string of the molecule is O=[P+](O)OC1[C@@H](CO)C[C@@H](Nc2ccncn2)[C@@H]1F. The van der Waals surface area contributed by atoms with Crippen molar-refractivity contribution in [3.63, 3.8) is 0 Å². The van der Waals surface area contributed by atoms with Crippen molar-refractivity contribution in [1.82, 2.24) is 9.97 Å². The summed E-state index contributed by atoms with van der Waals surface area (Å²) in [5.74, 6) is -0.0752.